The van der Waals surface area contributed by atoms with Crippen LogP contribution in [0.4, 0.5) is 11.4 Å². The Morgan fingerprint density at radius 3 is 2.35 bits per heavy atom. The van der Waals surface area contributed by atoms with Crippen molar-refractivity contribution >= 4 is 39.5 Å². The molecule has 0 fully saturated rings. The third kappa shape index (κ3) is 5.11. The second-order valence-corrected chi connectivity index (χ2v) is 12.9. The Morgan fingerprint density at radius 2 is 1.57 bits per heavy atom. The van der Waals surface area contributed by atoms with Gasteiger partial charge in [-0.25, -0.2) is 0 Å². The van der Waals surface area contributed by atoms with Gasteiger partial charge in [-0.05, 0) is 47.2 Å². The van der Waals surface area contributed by atoms with Crippen LogP contribution < -0.4 is 19.7 Å². The van der Waals surface area contributed by atoms with Crippen molar-refractivity contribution in [2.45, 2.75) is 39.2 Å². The van der Waals surface area contributed by atoms with Crippen molar-refractivity contribution in [3.63, 3.8) is 0 Å². The number of fused-ring (bicyclic) bond motifs is 2. The van der Waals surface area contributed by atoms with Gasteiger partial charge in [-0.3, -0.25) is 9.59 Å². The number of carbonyl (C=O) groups excluding carboxylic acids is 2. The lowest BCUT2D eigenvalue weighted by atomic mass is 9.74. The number of anilines is 2. The van der Waals surface area contributed by atoms with Crippen LogP contribution in [0.25, 0.3) is 16.5 Å². The molecule has 232 valence electrons. The molecule has 0 spiro atoms. The quantitative estimate of drug-likeness (QED) is 0.185. The van der Waals surface area contributed by atoms with E-state index in [2.05, 4.69) is 24.1 Å². The minimum absolute atomic E-state index is 0.00496. The van der Waals surface area contributed by atoms with Gasteiger partial charge in [0.25, 0.3) is 0 Å². The Bertz CT molecular complexity index is 2010. The highest BCUT2D eigenvalue weighted by Gasteiger charge is 2.43. The van der Waals surface area contributed by atoms with Gasteiger partial charge in [0, 0.05) is 46.0 Å². The maximum Gasteiger partial charge on any atom is 0.239 e. The second-order valence-electron chi connectivity index (χ2n) is 12.9. The first-order valence-electron chi connectivity index (χ1n) is 15.6. The summed E-state index contributed by atoms with van der Waals surface area (Å²) in [6.07, 6.45) is 1.04. The summed E-state index contributed by atoms with van der Waals surface area (Å²) in [5, 5.41) is 4.52. The Balaban J connectivity index is 1.42. The zero-order chi connectivity index (χ0) is 32.0. The molecule has 1 amide bonds. The molecule has 1 atom stereocenters. The Kier molecular flexibility index (Phi) is 7.40. The number of allylic oxidation sites excluding steroid dienone is 2. The van der Waals surface area contributed by atoms with Crippen LogP contribution in [-0.4, -0.2) is 30.9 Å². The van der Waals surface area contributed by atoms with Crippen molar-refractivity contribution in [2.24, 2.45) is 5.41 Å². The van der Waals surface area contributed by atoms with Crippen molar-refractivity contribution in [1.82, 2.24) is 4.98 Å². The third-order valence-electron chi connectivity index (χ3n) is 9.07. The predicted octanol–water partition coefficient (Wildman–Crippen LogP) is 8.08. The lowest BCUT2D eigenvalue weighted by Crippen LogP contribution is -2.30. The highest BCUT2D eigenvalue weighted by Crippen LogP contribution is 2.49. The summed E-state index contributed by atoms with van der Waals surface area (Å²) in [4.78, 5) is 34.3. The minimum atomic E-state index is -0.580. The van der Waals surface area contributed by atoms with Crippen LogP contribution in [-0.2, 0) is 16.1 Å². The van der Waals surface area contributed by atoms with E-state index in [9.17, 15) is 9.59 Å². The van der Waals surface area contributed by atoms with E-state index in [1.165, 1.54) is 0 Å². The van der Waals surface area contributed by atoms with Crippen LogP contribution in [0.5, 0.6) is 11.5 Å². The van der Waals surface area contributed by atoms with Crippen LogP contribution in [0.15, 0.2) is 103 Å². The highest BCUT2D eigenvalue weighted by molar-refractivity contribution is 6.24. The lowest BCUT2D eigenvalue weighted by molar-refractivity contribution is -0.119. The monoisotopic (exact) mass is 611 g/mol. The zero-order valence-corrected chi connectivity index (χ0v) is 26.5. The van der Waals surface area contributed by atoms with E-state index < -0.39 is 5.92 Å². The molecule has 4 aromatic carbocycles. The van der Waals surface area contributed by atoms with Gasteiger partial charge in [0.1, 0.15) is 0 Å². The maximum atomic E-state index is 14.6. The Labute approximate surface area is 268 Å². The fourth-order valence-corrected chi connectivity index (χ4v) is 7.06. The molecule has 0 radical (unpaired) electrons. The highest BCUT2D eigenvalue weighted by atomic mass is 16.5. The number of Topliss-reactive ketones (excluding diaryl/α,β-unsaturated/α-hetero) is 1. The molecule has 5 aromatic rings. The molecule has 7 heteroatoms. The molecule has 7 rings (SSSR count). The number of aromatic amines is 1. The second kappa shape index (κ2) is 11.6. The number of rotatable bonds is 8. The summed E-state index contributed by atoms with van der Waals surface area (Å²) < 4.78 is 11.0. The molecular weight excluding hydrogens is 574 g/mol. The van der Waals surface area contributed by atoms with Gasteiger partial charge in [-0.15, -0.1) is 0 Å². The van der Waals surface area contributed by atoms with Gasteiger partial charge in [-0.1, -0.05) is 80.6 Å². The number of nitrogens with one attached hydrogen (secondary N) is 2. The van der Waals surface area contributed by atoms with Crippen LogP contribution in [0.3, 0.4) is 0 Å². The summed E-state index contributed by atoms with van der Waals surface area (Å²) in [6, 6.07) is 31.7. The number of nitrogens with zero attached hydrogens (tertiary/aromatic N) is 1. The molecule has 2 heterocycles. The fraction of sp³-hybridized carbons (Fsp3) is 0.231. The molecule has 2 aliphatic rings. The van der Waals surface area contributed by atoms with E-state index in [-0.39, 0.29) is 17.1 Å². The number of benzene rings is 4. The number of methoxy groups -OCH3 is 2. The lowest BCUT2D eigenvalue weighted by Gasteiger charge is -2.33. The summed E-state index contributed by atoms with van der Waals surface area (Å²) >= 11 is 0. The van der Waals surface area contributed by atoms with E-state index in [4.69, 9.17) is 9.47 Å². The fourth-order valence-electron chi connectivity index (χ4n) is 7.06. The SMILES string of the molecule is COc1ccc(NC2=C(c3[nH]c4ccccc4c3C3C(=O)N(Cc4ccccc4)c4ccccc43)C(=O)CC(C)(C)C2)cc1OC. The maximum absolute atomic E-state index is 14.6. The predicted molar refractivity (Wildman–Crippen MR) is 182 cm³/mol. The van der Waals surface area contributed by atoms with E-state index >= 15 is 0 Å². The third-order valence-corrected chi connectivity index (χ3v) is 9.07. The number of H-pyrrole nitrogens is 1. The molecule has 0 saturated carbocycles. The molecule has 0 saturated heterocycles. The number of amides is 1. The van der Waals surface area contributed by atoms with Crippen LogP contribution in [0.1, 0.15) is 55.0 Å². The van der Waals surface area contributed by atoms with Crippen molar-refractivity contribution in [1.29, 1.82) is 0 Å². The van der Waals surface area contributed by atoms with Crippen LogP contribution in [0.2, 0.25) is 0 Å². The Morgan fingerprint density at radius 1 is 0.848 bits per heavy atom. The van der Waals surface area contributed by atoms with Crippen molar-refractivity contribution in [3.05, 3.63) is 125 Å². The molecule has 1 aromatic heterocycles. The number of aromatic nitrogens is 1. The van der Waals surface area contributed by atoms with Crippen LogP contribution in [0, 0.1) is 5.41 Å². The van der Waals surface area contributed by atoms with Gasteiger partial charge in [-0.2, -0.15) is 0 Å². The number of ketones is 1. The topological polar surface area (TPSA) is 83.7 Å². The Hall–Kier alpha value is -5.30. The average molecular weight is 612 g/mol. The smallest absolute Gasteiger partial charge is 0.239 e. The van der Waals surface area contributed by atoms with Crippen LogP contribution >= 0.6 is 0 Å². The first-order chi connectivity index (χ1) is 22.3. The first kappa shape index (κ1) is 29.4. The van der Waals surface area contributed by atoms with Crippen molar-refractivity contribution in [3.8, 4) is 11.5 Å². The number of hydrogen-bond donors (Lipinski definition) is 2. The summed E-state index contributed by atoms with van der Waals surface area (Å²) in [5.41, 5.74) is 7.22. The molecule has 1 aliphatic heterocycles. The van der Waals surface area contributed by atoms with Gasteiger partial charge in [0.05, 0.1) is 37.9 Å². The van der Waals surface area contributed by atoms with Gasteiger partial charge >= 0.3 is 0 Å². The number of hydrogen-bond acceptors (Lipinski definition) is 5. The normalized spacial score (nSPS) is 17.4. The van der Waals surface area contributed by atoms with Gasteiger partial charge < -0.3 is 24.7 Å². The zero-order valence-electron chi connectivity index (χ0n) is 26.5. The number of para-hydroxylation sites is 2. The standard InChI is InChI=1S/C39H37N3O4/c1-39(2)21-29(40-25-18-19-32(45-3)33(20-25)46-4)36(31(43)22-39)37-34(26-14-8-10-16-28(26)41-37)35-27-15-9-11-17-30(27)42(38(35)44)23-24-12-6-5-7-13-24/h5-20,35,40-41H,21-23H2,1-4H3. The molecule has 2 N–H and O–H groups in total. The average Bonchev–Trinajstić information content (AvgIpc) is 3.54. The number of carbonyl (C=O) groups is 2. The van der Waals surface area contributed by atoms with E-state index in [0.29, 0.717) is 42.2 Å². The molecular formula is C39H37N3O4. The van der Waals surface area contributed by atoms with Gasteiger partial charge in [0.2, 0.25) is 5.91 Å². The van der Waals surface area contributed by atoms with E-state index in [1.54, 1.807) is 14.2 Å². The van der Waals surface area contributed by atoms with E-state index in [0.717, 1.165) is 44.7 Å². The first-order valence-corrected chi connectivity index (χ1v) is 15.6. The molecule has 7 nitrogen and oxygen atoms in total. The number of ether oxygens (including phenoxy) is 2. The summed E-state index contributed by atoms with van der Waals surface area (Å²) in [6.45, 7) is 4.69. The molecule has 0 bridgehead atoms. The largest absolute Gasteiger partial charge is 0.493 e. The van der Waals surface area contributed by atoms with Crippen molar-refractivity contribution in [2.75, 3.05) is 24.4 Å². The summed E-state index contributed by atoms with van der Waals surface area (Å²) in [7, 11) is 3.21. The molecule has 46 heavy (non-hydrogen) atoms. The van der Waals surface area contributed by atoms with Crippen molar-refractivity contribution < 1.29 is 19.1 Å². The molecule has 1 aliphatic carbocycles. The molecule has 1 unspecified atom stereocenters. The van der Waals surface area contributed by atoms with Gasteiger partial charge in [0.15, 0.2) is 17.3 Å². The van der Waals surface area contributed by atoms with E-state index in [1.807, 2.05) is 102 Å². The summed E-state index contributed by atoms with van der Waals surface area (Å²) in [5.74, 6) is 0.665. The minimum Gasteiger partial charge on any atom is -0.493 e.